The molecule has 0 saturated carbocycles. The van der Waals surface area contributed by atoms with Gasteiger partial charge in [-0.05, 0) is 19.8 Å². The Labute approximate surface area is 124 Å². The largest absolute Gasteiger partial charge is 0.361 e. The molecule has 0 aromatic carbocycles. The number of hydrogen-bond acceptors (Lipinski definition) is 4. The van der Waals surface area contributed by atoms with E-state index < -0.39 is 0 Å². The van der Waals surface area contributed by atoms with Crippen molar-refractivity contribution in [3.8, 4) is 0 Å². The molecule has 0 aliphatic carbocycles. The second kappa shape index (κ2) is 6.11. The van der Waals surface area contributed by atoms with Crippen molar-refractivity contribution in [2.75, 3.05) is 5.32 Å². The number of nitrogens with one attached hydrogen (secondary N) is 1. The van der Waals surface area contributed by atoms with Crippen LogP contribution in [0.1, 0.15) is 30.8 Å². The van der Waals surface area contributed by atoms with E-state index >= 15 is 0 Å². The van der Waals surface area contributed by atoms with Crippen molar-refractivity contribution in [2.24, 2.45) is 13.0 Å². The molecule has 2 heterocycles. The highest BCUT2D eigenvalue weighted by Gasteiger charge is 2.11. The Balaban J connectivity index is 2.19. The SMILES string of the molecule is Cc1nn(C)c(C)c1CNc1nccn(CC(C)C)c1=O. The zero-order valence-electron chi connectivity index (χ0n) is 13.3. The molecule has 114 valence electrons. The average molecular weight is 289 g/mol. The molecule has 0 aliphatic heterocycles. The molecule has 2 aromatic rings. The lowest BCUT2D eigenvalue weighted by atomic mass is 10.2. The van der Waals surface area contributed by atoms with Crippen LogP contribution in [0.4, 0.5) is 5.82 Å². The Kier molecular flexibility index (Phi) is 4.45. The standard InChI is InChI=1S/C15H23N5O/c1-10(2)9-20-7-6-16-14(15(20)21)17-8-13-11(3)18-19(5)12(13)4/h6-7,10H,8-9H2,1-5H3,(H,16,17). The summed E-state index contributed by atoms with van der Waals surface area (Å²) in [5.74, 6) is 0.807. The van der Waals surface area contributed by atoms with E-state index in [-0.39, 0.29) is 5.56 Å². The van der Waals surface area contributed by atoms with Crippen LogP contribution in [-0.4, -0.2) is 19.3 Å². The molecule has 1 N–H and O–H groups in total. The number of anilines is 1. The summed E-state index contributed by atoms with van der Waals surface area (Å²) in [5, 5.41) is 7.52. The minimum absolute atomic E-state index is 0.0783. The van der Waals surface area contributed by atoms with Gasteiger partial charge in [0.2, 0.25) is 0 Å². The zero-order chi connectivity index (χ0) is 15.6. The fourth-order valence-corrected chi connectivity index (χ4v) is 2.35. The Morgan fingerprint density at radius 3 is 2.62 bits per heavy atom. The zero-order valence-corrected chi connectivity index (χ0v) is 13.3. The molecule has 0 bridgehead atoms. The molecule has 0 amide bonds. The van der Waals surface area contributed by atoms with Crippen LogP contribution in [-0.2, 0) is 20.1 Å². The highest BCUT2D eigenvalue weighted by atomic mass is 16.1. The molecule has 0 fully saturated rings. The smallest absolute Gasteiger partial charge is 0.293 e. The summed E-state index contributed by atoms with van der Waals surface area (Å²) in [7, 11) is 1.92. The highest BCUT2D eigenvalue weighted by molar-refractivity contribution is 5.35. The first-order valence-corrected chi connectivity index (χ1v) is 7.18. The Morgan fingerprint density at radius 1 is 1.33 bits per heavy atom. The number of aromatic nitrogens is 4. The Hall–Kier alpha value is -2.11. The van der Waals surface area contributed by atoms with Gasteiger partial charge in [-0.1, -0.05) is 13.8 Å². The van der Waals surface area contributed by atoms with Gasteiger partial charge in [-0.3, -0.25) is 9.48 Å². The topological polar surface area (TPSA) is 64.7 Å². The second-order valence-electron chi connectivity index (χ2n) is 5.75. The van der Waals surface area contributed by atoms with E-state index in [1.54, 1.807) is 17.0 Å². The van der Waals surface area contributed by atoms with E-state index in [9.17, 15) is 4.79 Å². The molecular weight excluding hydrogens is 266 g/mol. The predicted molar refractivity (Wildman–Crippen MR) is 83.3 cm³/mol. The molecule has 0 saturated heterocycles. The van der Waals surface area contributed by atoms with Gasteiger partial charge in [-0.25, -0.2) is 4.98 Å². The van der Waals surface area contributed by atoms with Crippen molar-refractivity contribution in [1.82, 2.24) is 19.3 Å². The van der Waals surface area contributed by atoms with Crippen LogP contribution >= 0.6 is 0 Å². The first-order valence-electron chi connectivity index (χ1n) is 7.18. The molecule has 0 atom stereocenters. The van der Waals surface area contributed by atoms with Gasteiger partial charge in [0.05, 0.1) is 5.69 Å². The summed E-state index contributed by atoms with van der Waals surface area (Å²) < 4.78 is 3.55. The summed E-state index contributed by atoms with van der Waals surface area (Å²) in [5.41, 5.74) is 3.10. The maximum absolute atomic E-state index is 12.3. The predicted octanol–water partition coefficient (Wildman–Crippen LogP) is 1.86. The van der Waals surface area contributed by atoms with E-state index in [2.05, 4.69) is 29.2 Å². The lowest BCUT2D eigenvalue weighted by molar-refractivity contribution is 0.509. The van der Waals surface area contributed by atoms with E-state index in [0.717, 1.165) is 17.0 Å². The van der Waals surface area contributed by atoms with Gasteiger partial charge >= 0.3 is 0 Å². The van der Waals surface area contributed by atoms with Crippen LogP contribution in [0, 0.1) is 19.8 Å². The van der Waals surface area contributed by atoms with Gasteiger partial charge < -0.3 is 9.88 Å². The van der Waals surface area contributed by atoms with Crippen LogP contribution in [0.3, 0.4) is 0 Å². The number of rotatable bonds is 5. The van der Waals surface area contributed by atoms with E-state index in [0.29, 0.717) is 24.8 Å². The van der Waals surface area contributed by atoms with Gasteiger partial charge in [0, 0.05) is 43.8 Å². The van der Waals surface area contributed by atoms with Gasteiger partial charge in [0.15, 0.2) is 5.82 Å². The van der Waals surface area contributed by atoms with Crippen molar-refractivity contribution >= 4 is 5.82 Å². The molecule has 0 radical (unpaired) electrons. The lowest BCUT2D eigenvalue weighted by Crippen LogP contribution is -2.26. The summed E-state index contributed by atoms with van der Waals surface area (Å²) in [6.07, 6.45) is 3.39. The van der Waals surface area contributed by atoms with Crippen LogP contribution in [0.25, 0.3) is 0 Å². The molecule has 6 heteroatoms. The maximum Gasteiger partial charge on any atom is 0.293 e. The monoisotopic (exact) mass is 289 g/mol. The first kappa shape index (κ1) is 15.3. The number of hydrogen-bond donors (Lipinski definition) is 1. The molecule has 2 rings (SSSR count). The molecule has 0 spiro atoms. The van der Waals surface area contributed by atoms with Crippen molar-refractivity contribution in [1.29, 1.82) is 0 Å². The van der Waals surface area contributed by atoms with Gasteiger partial charge in [0.1, 0.15) is 0 Å². The Bertz CT molecular complexity index is 684. The molecule has 6 nitrogen and oxygen atoms in total. The maximum atomic E-state index is 12.3. The Morgan fingerprint density at radius 2 is 2.05 bits per heavy atom. The third-order valence-corrected chi connectivity index (χ3v) is 3.57. The van der Waals surface area contributed by atoms with Crippen LogP contribution in [0.15, 0.2) is 17.2 Å². The van der Waals surface area contributed by atoms with Crippen molar-refractivity contribution in [2.45, 2.75) is 40.8 Å². The highest BCUT2D eigenvalue weighted by Crippen LogP contribution is 2.12. The molecular formula is C15H23N5O. The van der Waals surface area contributed by atoms with E-state index in [1.165, 1.54) is 0 Å². The van der Waals surface area contributed by atoms with Gasteiger partial charge in [0.25, 0.3) is 5.56 Å². The van der Waals surface area contributed by atoms with Crippen molar-refractivity contribution in [3.05, 3.63) is 39.7 Å². The minimum Gasteiger partial charge on any atom is -0.361 e. The minimum atomic E-state index is -0.0783. The normalized spacial score (nSPS) is 11.1. The van der Waals surface area contributed by atoms with Crippen molar-refractivity contribution in [3.63, 3.8) is 0 Å². The van der Waals surface area contributed by atoms with Crippen LogP contribution in [0.5, 0.6) is 0 Å². The van der Waals surface area contributed by atoms with E-state index in [4.69, 9.17) is 0 Å². The molecule has 21 heavy (non-hydrogen) atoms. The second-order valence-corrected chi connectivity index (χ2v) is 5.75. The fourth-order valence-electron chi connectivity index (χ4n) is 2.35. The average Bonchev–Trinajstić information content (AvgIpc) is 2.65. The van der Waals surface area contributed by atoms with Crippen LogP contribution < -0.4 is 10.9 Å². The van der Waals surface area contributed by atoms with Gasteiger partial charge in [-0.15, -0.1) is 0 Å². The summed E-state index contributed by atoms with van der Waals surface area (Å²) >= 11 is 0. The summed E-state index contributed by atoms with van der Waals surface area (Å²) in [4.78, 5) is 16.5. The van der Waals surface area contributed by atoms with Crippen molar-refractivity contribution < 1.29 is 0 Å². The lowest BCUT2D eigenvalue weighted by Gasteiger charge is -2.11. The molecule has 0 aliphatic rings. The third-order valence-electron chi connectivity index (χ3n) is 3.57. The van der Waals surface area contributed by atoms with Gasteiger partial charge in [-0.2, -0.15) is 5.10 Å². The summed E-state index contributed by atoms with van der Waals surface area (Å²) in [6, 6.07) is 0. The number of nitrogens with zero attached hydrogens (tertiary/aromatic N) is 4. The molecule has 0 unspecified atom stereocenters. The van der Waals surface area contributed by atoms with E-state index in [1.807, 2.05) is 25.6 Å². The quantitative estimate of drug-likeness (QED) is 0.912. The number of aryl methyl sites for hydroxylation is 2. The third kappa shape index (κ3) is 3.32. The fraction of sp³-hybridized carbons (Fsp3) is 0.533. The molecule has 2 aromatic heterocycles. The summed E-state index contributed by atoms with van der Waals surface area (Å²) in [6.45, 7) is 9.41. The van der Waals surface area contributed by atoms with Crippen LogP contribution in [0.2, 0.25) is 0 Å². The first-order chi connectivity index (χ1) is 9.90.